The van der Waals surface area contributed by atoms with Crippen molar-refractivity contribution in [2.75, 3.05) is 6.61 Å². The molecule has 0 atom stereocenters. The quantitative estimate of drug-likeness (QED) is 0.662. The van der Waals surface area contributed by atoms with Crippen LogP contribution in [-0.2, 0) is 6.42 Å². The van der Waals surface area contributed by atoms with E-state index >= 15 is 0 Å². The maximum atomic E-state index is 5.58. The molecule has 0 fully saturated rings. The molecule has 1 aromatic rings. The Balaban J connectivity index is 2.57. The largest absolute Gasteiger partial charge is 0.490 e. The Hall–Kier alpha value is -1.24. The summed E-state index contributed by atoms with van der Waals surface area (Å²) in [5, 5.41) is 0. The van der Waals surface area contributed by atoms with Crippen LogP contribution in [0.5, 0.6) is 5.75 Å². The molecule has 0 spiro atoms. The van der Waals surface area contributed by atoms with E-state index in [1.165, 1.54) is 5.56 Å². The van der Waals surface area contributed by atoms with Gasteiger partial charge in [0.25, 0.3) is 0 Å². The lowest BCUT2D eigenvalue weighted by Gasteiger charge is -2.07. The molecule has 0 saturated carbocycles. The molecule has 0 heterocycles. The van der Waals surface area contributed by atoms with E-state index in [1.807, 2.05) is 25.1 Å². The van der Waals surface area contributed by atoms with Gasteiger partial charge in [-0.25, -0.2) is 0 Å². The predicted molar refractivity (Wildman–Crippen MR) is 65.3 cm³/mol. The number of allylic oxidation sites excluding steroid dienone is 1. The van der Waals surface area contributed by atoms with Gasteiger partial charge < -0.3 is 4.74 Å². The van der Waals surface area contributed by atoms with Crippen molar-refractivity contribution in [2.24, 2.45) is 5.92 Å². The van der Waals surface area contributed by atoms with Gasteiger partial charge in [0.15, 0.2) is 0 Å². The first kappa shape index (κ1) is 11.8. The predicted octanol–water partition coefficient (Wildman–Crippen LogP) is 3.84. The molecule has 0 bridgehead atoms. The Labute approximate surface area is 92.8 Å². The average molecular weight is 204 g/mol. The highest BCUT2D eigenvalue weighted by molar-refractivity contribution is 5.28. The summed E-state index contributed by atoms with van der Waals surface area (Å²) in [4.78, 5) is 0. The van der Waals surface area contributed by atoms with E-state index in [1.54, 1.807) is 0 Å². The third-order valence-corrected chi connectivity index (χ3v) is 2.12. The Morgan fingerprint density at radius 1 is 1.33 bits per heavy atom. The summed E-state index contributed by atoms with van der Waals surface area (Å²) in [6.45, 7) is 7.11. The zero-order chi connectivity index (χ0) is 11.1. The van der Waals surface area contributed by atoms with Crippen molar-refractivity contribution in [2.45, 2.75) is 27.2 Å². The summed E-state index contributed by atoms with van der Waals surface area (Å²) in [5.41, 5.74) is 1.35. The molecular formula is C14H20O. The van der Waals surface area contributed by atoms with Gasteiger partial charge in [-0.05, 0) is 37.0 Å². The van der Waals surface area contributed by atoms with Crippen LogP contribution in [0.2, 0.25) is 0 Å². The van der Waals surface area contributed by atoms with E-state index in [9.17, 15) is 0 Å². The van der Waals surface area contributed by atoms with Crippen LogP contribution in [0.15, 0.2) is 36.4 Å². The molecule has 1 rings (SSSR count). The molecule has 0 unspecified atom stereocenters. The van der Waals surface area contributed by atoms with Crippen molar-refractivity contribution in [1.29, 1.82) is 0 Å². The van der Waals surface area contributed by atoms with Crippen molar-refractivity contribution in [3.8, 4) is 5.75 Å². The zero-order valence-corrected chi connectivity index (χ0v) is 9.86. The maximum absolute atomic E-state index is 5.58. The van der Waals surface area contributed by atoms with E-state index < -0.39 is 0 Å². The summed E-state index contributed by atoms with van der Waals surface area (Å²) < 4.78 is 5.58. The smallest absolute Gasteiger partial charge is 0.120 e. The molecule has 82 valence electrons. The van der Waals surface area contributed by atoms with Gasteiger partial charge in [0.05, 0.1) is 0 Å². The number of ether oxygens (including phenoxy) is 1. The SMILES string of the molecule is CC=CCOc1cccc(CC(C)C)c1. The summed E-state index contributed by atoms with van der Waals surface area (Å²) in [5.74, 6) is 1.65. The molecular weight excluding hydrogens is 184 g/mol. The molecule has 1 nitrogen and oxygen atoms in total. The van der Waals surface area contributed by atoms with E-state index in [4.69, 9.17) is 4.74 Å². The molecule has 0 amide bonds. The Morgan fingerprint density at radius 3 is 2.80 bits per heavy atom. The first-order chi connectivity index (χ1) is 7.22. The number of rotatable bonds is 5. The molecule has 0 radical (unpaired) electrons. The minimum absolute atomic E-state index is 0.654. The normalized spacial score (nSPS) is 11.2. The molecule has 0 saturated heterocycles. The van der Waals surface area contributed by atoms with Crippen LogP contribution in [0.1, 0.15) is 26.3 Å². The van der Waals surface area contributed by atoms with Crippen LogP contribution in [0.25, 0.3) is 0 Å². The molecule has 0 aliphatic rings. The van der Waals surface area contributed by atoms with Crippen LogP contribution in [0.3, 0.4) is 0 Å². The molecule has 0 aromatic heterocycles. The first-order valence-corrected chi connectivity index (χ1v) is 5.55. The second-order valence-electron chi connectivity index (χ2n) is 4.13. The molecule has 0 N–H and O–H groups in total. The lowest BCUT2D eigenvalue weighted by atomic mass is 10.0. The van der Waals surface area contributed by atoms with Crippen LogP contribution in [-0.4, -0.2) is 6.61 Å². The maximum Gasteiger partial charge on any atom is 0.120 e. The van der Waals surface area contributed by atoms with Crippen LogP contribution < -0.4 is 4.74 Å². The van der Waals surface area contributed by atoms with Crippen molar-refractivity contribution >= 4 is 0 Å². The third-order valence-electron chi connectivity index (χ3n) is 2.12. The minimum Gasteiger partial charge on any atom is -0.490 e. The van der Waals surface area contributed by atoms with Gasteiger partial charge >= 0.3 is 0 Å². The molecule has 1 aromatic carbocycles. The van der Waals surface area contributed by atoms with Gasteiger partial charge in [0.2, 0.25) is 0 Å². The summed E-state index contributed by atoms with van der Waals surface area (Å²) in [7, 11) is 0. The van der Waals surface area contributed by atoms with E-state index in [0.717, 1.165) is 12.2 Å². The second kappa shape index (κ2) is 6.28. The third kappa shape index (κ3) is 4.68. The van der Waals surface area contributed by atoms with Gasteiger partial charge in [-0.1, -0.05) is 38.1 Å². The molecule has 0 aliphatic carbocycles. The highest BCUT2D eigenvalue weighted by Gasteiger charge is 1.99. The monoisotopic (exact) mass is 204 g/mol. The van der Waals surface area contributed by atoms with E-state index in [-0.39, 0.29) is 0 Å². The van der Waals surface area contributed by atoms with Gasteiger partial charge in [-0.3, -0.25) is 0 Å². The van der Waals surface area contributed by atoms with Gasteiger partial charge in [-0.2, -0.15) is 0 Å². The van der Waals surface area contributed by atoms with Crippen molar-refractivity contribution in [3.05, 3.63) is 42.0 Å². The first-order valence-electron chi connectivity index (χ1n) is 5.55. The van der Waals surface area contributed by atoms with Crippen LogP contribution in [0, 0.1) is 5.92 Å². The summed E-state index contributed by atoms with van der Waals surface area (Å²) in [6, 6.07) is 8.35. The lowest BCUT2D eigenvalue weighted by molar-refractivity contribution is 0.362. The lowest BCUT2D eigenvalue weighted by Crippen LogP contribution is -1.96. The summed E-state index contributed by atoms with van der Waals surface area (Å²) >= 11 is 0. The minimum atomic E-state index is 0.654. The zero-order valence-electron chi connectivity index (χ0n) is 9.86. The Kier molecular flexibility index (Phi) is 4.96. The van der Waals surface area contributed by atoms with E-state index in [0.29, 0.717) is 12.5 Å². The number of benzene rings is 1. The van der Waals surface area contributed by atoms with Crippen LogP contribution in [0.4, 0.5) is 0 Å². The van der Waals surface area contributed by atoms with Gasteiger partial charge in [0, 0.05) is 0 Å². The van der Waals surface area contributed by atoms with Crippen molar-refractivity contribution < 1.29 is 4.74 Å². The highest BCUT2D eigenvalue weighted by atomic mass is 16.5. The van der Waals surface area contributed by atoms with Crippen molar-refractivity contribution in [3.63, 3.8) is 0 Å². The number of hydrogen-bond acceptors (Lipinski definition) is 1. The fraction of sp³-hybridized carbons (Fsp3) is 0.429. The van der Waals surface area contributed by atoms with Crippen molar-refractivity contribution in [1.82, 2.24) is 0 Å². The topological polar surface area (TPSA) is 9.23 Å². The fourth-order valence-electron chi connectivity index (χ4n) is 1.47. The van der Waals surface area contributed by atoms with Gasteiger partial charge in [-0.15, -0.1) is 0 Å². The molecule has 15 heavy (non-hydrogen) atoms. The second-order valence-corrected chi connectivity index (χ2v) is 4.13. The molecule has 1 heteroatoms. The van der Waals surface area contributed by atoms with E-state index in [2.05, 4.69) is 32.0 Å². The fourth-order valence-corrected chi connectivity index (χ4v) is 1.47. The highest BCUT2D eigenvalue weighted by Crippen LogP contribution is 2.16. The van der Waals surface area contributed by atoms with Gasteiger partial charge in [0.1, 0.15) is 12.4 Å². The Bertz CT molecular complexity index is 313. The molecule has 0 aliphatic heterocycles. The Morgan fingerprint density at radius 2 is 2.13 bits per heavy atom. The summed E-state index contributed by atoms with van der Waals surface area (Å²) in [6.07, 6.45) is 5.12. The number of hydrogen-bond donors (Lipinski definition) is 0. The van der Waals surface area contributed by atoms with Crippen LogP contribution >= 0.6 is 0 Å². The standard InChI is InChI=1S/C14H20O/c1-4-5-9-15-14-8-6-7-13(11-14)10-12(2)3/h4-8,11-12H,9-10H2,1-3H3. The average Bonchev–Trinajstić information content (AvgIpc) is 2.18.